The summed E-state index contributed by atoms with van der Waals surface area (Å²) in [6, 6.07) is 4.19. The Morgan fingerprint density at radius 3 is 2.56 bits per heavy atom. The third-order valence-corrected chi connectivity index (χ3v) is 2.51. The molecule has 0 aliphatic heterocycles. The van der Waals surface area contributed by atoms with Crippen molar-refractivity contribution in [1.82, 2.24) is 9.97 Å². The zero-order chi connectivity index (χ0) is 13.1. The lowest BCUT2D eigenvalue weighted by Crippen LogP contribution is -2.12. The van der Waals surface area contributed by atoms with Gasteiger partial charge in [0.1, 0.15) is 5.75 Å². The molecule has 0 saturated carbocycles. The Morgan fingerprint density at radius 1 is 1.22 bits per heavy atom. The van der Waals surface area contributed by atoms with E-state index in [4.69, 9.17) is 23.2 Å². The van der Waals surface area contributed by atoms with Crippen molar-refractivity contribution in [3.8, 4) is 5.75 Å². The highest BCUT2D eigenvalue weighted by atomic mass is 35.5. The number of aromatic hydroxyl groups is 1. The first-order valence-corrected chi connectivity index (χ1v) is 5.59. The van der Waals surface area contributed by atoms with Crippen LogP contribution in [0.4, 0.5) is 5.69 Å². The van der Waals surface area contributed by atoms with Gasteiger partial charge >= 0.3 is 0 Å². The molecule has 0 saturated heterocycles. The van der Waals surface area contributed by atoms with E-state index in [1.807, 2.05) is 0 Å². The van der Waals surface area contributed by atoms with Crippen LogP contribution < -0.4 is 5.32 Å². The van der Waals surface area contributed by atoms with E-state index >= 15 is 0 Å². The standard InChI is InChI=1S/C11H7Cl2N3O2/c12-6-1-2-9(17)8(3-6)10(18)16-7-4-14-11(13)15-5-7/h1-5,17H,(H,16,18). The molecule has 1 aromatic heterocycles. The van der Waals surface area contributed by atoms with Crippen molar-refractivity contribution in [2.45, 2.75) is 0 Å². The molecule has 0 radical (unpaired) electrons. The van der Waals surface area contributed by atoms with Crippen molar-refractivity contribution in [3.05, 3.63) is 46.5 Å². The summed E-state index contributed by atoms with van der Waals surface area (Å²) in [4.78, 5) is 19.3. The van der Waals surface area contributed by atoms with Crippen LogP contribution in [-0.2, 0) is 0 Å². The molecule has 2 N–H and O–H groups in total. The van der Waals surface area contributed by atoms with Crippen LogP contribution in [-0.4, -0.2) is 21.0 Å². The summed E-state index contributed by atoms with van der Waals surface area (Å²) in [6.45, 7) is 0. The molecule has 0 aliphatic carbocycles. The largest absolute Gasteiger partial charge is 0.507 e. The Balaban J connectivity index is 2.21. The molecule has 0 atom stereocenters. The SMILES string of the molecule is O=C(Nc1cnc(Cl)nc1)c1cc(Cl)ccc1O. The van der Waals surface area contributed by atoms with E-state index in [0.29, 0.717) is 10.7 Å². The second-order valence-corrected chi connectivity index (χ2v) is 4.13. The number of hydrogen-bond acceptors (Lipinski definition) is 4. The smallest absolute Gasteiger partial charge is 0.259 e. The van der Waals surface area contributed by atoms with E-state index in [-0.39, 0.29) is 16.6 Å². The summed E-state index contributed by atoms with van der Waals surface area (Å²) in [7, 11) is 0. The number of aromatic nitrogens is 2. The number of nitrogens with one attached hydrogen (secondary N) is 1. The highest BCUT2D eigenvalue weighted by Gasteiger charge is 2.12. The molecule has 7 heteroatoms. The maximum Gasteiger partial charge on any atom is 0.259 e. The third kappa shape index (κ3) is 2.88. The molecule has 5 nitrogen and oxygen atoms in total. The fraction of sp³-hybridized carbons (Fsp3) is 0. The monoisotopic (exact) mass is 283 g/mol. The van der Waals surface area contributed by atoms with Crippen molar-refractivity contribution < 1.29 is 9.90 Å². The predicted octanol–water partition coefficient (Wildman–Crippen LogP) is 2.74. The van der Waals surface area contributed by atoms with Gasteiger partial charge in [-0.05, 0) is 29.8 Å². The first-order chi connectivity index (χ1) is 8.56. The summed E-state index contributed by atoms with van der Waals surface area (Å²) in [6.07, 6.45) is 2.71. The number of rotatable bonds is 2. The van der Waals surface area contributed by atoms with E-state index in [2.05, 4.69) is 15.3 Å². The maximum absolute atomic E-state index is 11.9. The minimum absolute atomic E-state index is 0.0671. The zero-order valence-corrected chi connectivity index (χ0v) is 10.4. The van der Waals surface area contributed by atoms with Gasteiger partial charge in [-0.1, -0.05) is 11.6 Å². The predicted molar refractivity (Wildman–Crippen MR) is 68.1 cm³/mol. The summed E-state index contributed by atoms with van der Waals surface area (Å²) in [5.41, 5.74) is 0.432. The lowest BCUT2D eigenvalue weighted by Gasteiger charge is -2.06. The number of hydrogen-bond donors (Lipinski definition) is 2. The number of benzene rings is 1. The zero-order valence-electron chi connectivity index (χ0n) is 8.89. The van der Waals surface area contributed by atoms with Gasteiger partial charge in [-0.15, -0.1) is 0 Å². The van der Waals surface area contributed by atoms with Crippen molar-refractivity contribution in [3.63, 3.8) is 0 Å². The van der Waals surface area contributed by atoms with Gasteiger partial charge in [-0.3, -0.25) is 4.79 Å². The number of nitrogens with zero attached hydrogens (tertiary/aromatic N) is 2. The van der Waals surface area contributed by atoms with Crippen LogP contribution in [0.2, 0.25) is 10.3 Å². The van der Waals surface area contributed by atoms with E-state index in [0.717, 1.165) is 0 Å². The van der Waals surface area contributed by atoms with Gasteiger partial charge in [0.2, 0.25) is 5.28 Å². The Kier molecular flexibility index (Phi) is 3.64. The van der Waals surface area contributed by atoms with Gasteiger partial charge in [0.15, 0.2) is 0 Å². The summed E-state index contributed by atoms with van der Waals surface area (Å²) in [5.74, 6) is -0.673. The molecular formula is C11H7Cl2N3O2. The summed E-state index contributed by atoms with van der Waals surface area (Å²) < 4.78 is 0. The highest BCUT2D eigenvalue weighted by Crippen LogP contribution is 2.22. The van der Waals surface area contributed by atoms with Gasteiger partial charge < -0.3 is 10.4 Å². The van der Waals surface area contributed by atoms with Crippen LogP contribution in [0.3, 0.4) is 0 Å². The average molecular weight is 284 g/mol. The van der Waals surface area contributed by atoms with E-state index in [9.17, 15) is 9.90 Å². The fourth-order valence-corrected chi connectivity index (χ4v) is 1.54. The molecule has 0 fully saturated rings. The average Bonchev–Trinajstić information content (AvgIpc) is 2.35. The van der Waals surface area contributed by atoms with Gasteiger partial charge in [0.05, 0.1) is 23.6 Å². The van der Waals surface area contributed by atoms with Crippen LogP contribution in [0, 0.1) is 0 Å². The normalized spacial score (nSPS) is 10.1. The van der Waals surface area contributed by atoms with Crippen molar-refractivity contribution in [1.29, 1.82) is 0 Å². The van der Waals surface area contributed by atoms with Crippen molar-refractivity contribution in [2.24, 2.45) is 0 Å². The quantitative estimate of drug-likeness (QED) is 0.831. The Bertz CT molecular complexity index is 587. The first kappa shape index (κ1) is 12.6. The highest BCUT2D eigenvalue weighted by molar-refractivity contribution is 6.31. The number of anilines is 1. The number of phenolic OH excluding ortho intramolecular Hbond substituents is 1. The Labute approximate surface area is 112 Å². The Morgan fingerprint density at radius 2 is 1.89 bits per heavy atom. The Hall–Kier alpha value is -1.85. The van der Waals surface area contributed by atoms with Crippen LogP contribution >= 0.6 is 23.2 Å². The minimum atomic E-state index is -0.513. The van der Waals surface area contributed by atoms with Crippen LogP contribution in [0.25, 0.3) is 0 Å². The number of halogens is 2. The van der Waals surface area contributed by atoms with Crippen LogP contribution in [0.15, 0.2) is 30.6 Å². The molecule has 18 heavy (non-hydrogen) atoms. The van der Waals surface area contributed by atoms with E-state index < -0.39 is 5.91 Å². The molecule has 2 rings (SSSR count). The molecule has 0 bridgehead atoms. The van der Waals surface area contributed by atoms with Gasteiger partial charge in [-0.25, -0.2) is 9.97 Å². The summed E-state index contributed by atoms with van der Waals surface area (Å²) in [5, 5.41) is 12.5. The number of carbonyl (C=O) groups excluding carboxylic acids is 1. The topological polar surface area (TPSA) is 75.1 Å². The summed E-state index contributed by atoms with van der Waals surface area (Å²) >= 11 is 11.3. The van der Waals surface area contributed by atoms with E-state index in [1.54, 1.807) is 0 Å². The molecule has 0 unspecified atom stereocenters. The van der Waals surface area contributed by atoms with Gasteiger partial charge in [-0.2, -0.15) is 0 Å². The van der Waals surface area contributed by atoms with Gasteiger partial charge in [0, 0.05) is 5.02 Å². The molecule has 0 spiro atoms. The minimum Gasteiger partial charge on any atom is -0.507 e. The van der Waals surface area contributed by atoms with Crippen LogP contribution in [0.5, 0.6) is 5.75 Å². The second kappa shape index (κ2) is 5.20. The molecule has 2 aromatic rings. The fourth-order valence-electron chi connectivity index (χ4n) is 1.27. The van der Waals surface area contributed by atoms with Crippen molar-refractivity contribution >= 4 is 34.8 Å². The lowest BCUT2D eigenvalue weighted by atomic mass is 10.2. The molecule has 1 amide bonds. The maximum atomic E-state index is 11.9. The number of amides is 1. The molecule has 92 valence electrons. The molecule has 1 aromatic carbocycles. The van der Waals surface area contributed by atoms with E-state index in [1.165, 1.54) is 30.6 Å². The third-order valence-electron chi connectivity index (χ3n) is 2.08. The second-order valence-electron chi connectivity index (χ2n) is 3.36. The molecule has 1 heterocycles. The van der Waals surface area contributed by atoms with Crippen LogP contribution in [0.1, 0.15) is 10.4 Å². The number of phenols is 1. The number of carbonyl (C=O) groups is 1. The van der Waals surface area contributed by atoms with Crippen molar-refractivity contribution in [2.75, 3.05) is 5.32 Å². The molecular weight excluding hydrogens is 277 g/mol. The first-order valence-electron chi connectivity index (χ1n) is 4.83. The molecule has 0 aliphatic rings. The van der Waals surface area contributed by atoms with Gasteiger partial charge in [0.25, 0.3) is 5.91 Å². The lowest BCUT2D eigenvalue weighted by molar-refractivity contribution is 0.102.